The average Bonchev–Trinajstić information content (AvgIpc) is 3.36. The van der Waals surface area contributed by atoms with Gasteiger partial charge in [0.15, 0.2) is 0 Å². The zero-order valence-electron chi connectivity index (χ0n) is 18.1. The largest absolute Gasteiger partial charge is 0.354 e. The van der Waals surface area contributed by atoms with E-state index in [0.29, 0.717) is 6.54 Å². The Bertz CT molecular complexity index is 1110. The lowest BCUT2D eigenvalue weighted by Crippen LogP contribution is -2.24. The molecule has 6 nitrogen and oxygen atoms in total. The van der Waals surface area contributed by atoms with Gasteiger partial charge >= 0.3 is 6.03 Å². The number of fused-ring (bicyclic) bond motifs is 2. The molecule has 2 aromatic carbocycles. The molecular formula is C23H28F2N4O2S. The molecule has 0 heterocycles. The maximum Gasteiger partial charge on any atom is 0.354 e. The van der Waals surface area contributed by atoms with Crippen LogP contribution in [-0.2, 0) is 42.1 Å². The van der Waals surface area contributed by atoms with Crippen LogP contribution in [0.2, 0.25) is 0 Å². The molecule has 0 saturated heterocycles. The summed E-state index contributed by atoms with van der Waals surface area (Å²) < 4.78 is 41.7. The molecular weight excluding hydrogens is 434 g/mol. The van der Waals surface area contributed by atoms with Gasteiger partial charge in [-0.25, -0.2) is 22.9 Å². The summed E-state index contributed by atoms with van der Waals surface area (Å²) in [6.45, 7) is -0.0178. The quantitative estimate of drug-likeness (QED) is 0.671. The van der Waals surface area contributed by atoms with Gasteiger partial charge in [-0.15, -0.1) is 4.36 Å². The standard InChI is InChI=1S/C23H28F2N4O2S/c1-29(14-21(24)25)13-15-8-10-18(11-9-15)32(26,31)28-23(30)27-22-19-6-2-4-16(19)12-17-5-3-7-20(17)22/h8-12,21H,2-7,13-14H2,1H3,(H3,26,27,28,30,31). The van der Waals surface area contributed by atoms with Gasteiger partial charge in [-0.2, -0.15) is 0 Å². The van der Waals surface area contributed by atoms with Gasteiger partial charge in [0, 0.05) is 12.2 Å². The number of benzene rings is 2. The van der Waals surface area contributed by atoms with Crippen molar-refractivity contribution in [2.75, 3.05) is 18.9 Å². The molecule has 9 heteroatoms. The maximum atomic E-state index is 13.0. The van der Waals surface area contributed by atoms with E-state index >= 15 is 0 Å². The summed E-state index contributed by atoms with van der Waals surface area (Å²) in [6.07, 6.45) is 3.56. The van der Waals surface area contributed by atoms with Gasteiger partial charge in [0.05, 0.1) is 11.4 Å². The Kier molecular flexibility index (Phi) is 6.60. The first-order valence-corrected chi connectivity index (χ1v) is 12.4. The van der Waals surface area contributed by atoms with Crippen molar-refractivity contribution in [3.8, 4) is 0 Å². The van der Waals surface area contributed by atoms with Crippen LogP contribution in [0.4, 0.5) is 19.3 Å². The molecule has 172 valence electrons. The molecule has 4 rings (SSSR count). The minimum Gasteiger partial charge on any atom is -0.305 e. The first kappa shape index (κ1) is 22.8. The predicted octanol–water partition coefficient (Wildman–Crippen LogP) is 4.29. The number of nitrogens with one attached hydrogen (secondary N) is 1. The van der Waals surface area contributed by atoms with Crippen molar-refractivity contribution in [1.29, 1.82) is 0 Å². The lowest BCUT2D eigenvalue weighted by atomic mass is 9.99. The Morgan fingerprint density at radius 2 is 1.72 bits per heavy atom. The van der Waals surface area contributed by atoms with E-state index in [1.54, 1.807) is 19.2 Å². The van der Waals surface area contributed by atoms with Gasteiger partial charge < -0.3 is 5.32 Å². The van der Waals surface area contributed by atoms with Crippen molar-refractivity contribution >= 4 is 21.6 Å². The van der Waals surface area contributed by atoms with Crippen molar-refractivity contribution in [2.24, 2.45) is 9.50 Å². The van der Waals surface area contributed by atoms with E-state index in [1.165, 1.54) is 28.2 Å². The van der Waals surface area contributed by atoms with E-state index in [0.717, 1.165) is 60.9 Å². The van der Waals surface area contributed by atoms with Gasteiger partial charge in [-0.1, -0.05) is 18.2 Å². The highest BCUT2D eigenvalue weighted by Gasteiger charge is 2.25. The number of carbonyl (C=O) groups is 1. The summed E-state index contributed by atoms with van der Waals surface area (Å²) in [5.74, 6) is 0. The fraction of sp³-hybridized carbons (Fsp3) is 0.435. The first-order valence-electron chi connectivity index (χ1n) is 10.8. The number of nitrogens with zero attached hydrogens (tertiary/aromatic N) is 2. The molecule has 0 aromatic heterocycles. The van der Waals surface area contributed by atoms with Crippen LogP contribution in [0, 0.1) is 0 Å². The van der Waals surface area contributed by atoms with Gasteiger partial charge in [0.2, 0.25) is 0 Å². The Balaban J connectivity index is 1.52. The SMILES string of the molecule is CN(Cc1ccc(S(N)(=O)=NC(=O)Nc2c3c(cc4c2CCC4)CCC3)cc1)CC(F)F. The van der Waals surface area contributed by atoms with Crippen LogP contribution >= 0.6 is 0 Å². The van der Waals surface area contributed by atoms with Gasteiger partial charge in [0.25, 0.3) is 6.43 Å². The third-order valence-electron chi connectivity index (χ3n) is 6.09. The summed E-state index contributed by atoms with van der Waals surface area (Å²) >= 11 is 0. The van der Waals surface area contributed by atoms with E-state index in [4.69, 9.17) is 5.14 Å². The monoisotopic (exact) mass is 462 g/mol. The number of rotatable bonds is 6. The van der Waals surface area contributed by atoms with Crippen molar-refractivity contribution in [3.63, 3.8) is 0 Å². The number of hydrogen-bond acceptors (Lipinski definition) is 3. The van der Waals surface area contributed by atoms with Crippen LogP contribution in [0.25, 0.3) is 0 Å². The van der Waals surface area contributed by atoms with Crippen LogP contribution in [0.5, 0.6) is 0 Å². The number of amides is 2. The smallest absolute Gasteiger partial charge is 0.305 e. The topological polar surface area (TPSA) is 87.8 Å². The summed E-state index contributed by atoms with van der Waals surface area (Å²) in [6, 6.07) is 7.94. The summed E-state index contributed by atoms with van der Waals surface area (Å²) in [5, 5.41) is 8.81. The lowest BCUT2D eigenvalue weighted by Gasteiger charge is -2.16. The molecule has 3 N–H and O–H groups in total. The minimum atomic E-state index is -3.44. The number of halogens is 2. The van der Waals surface area contributed by atoms with Crippen LogP contribution in [0.1, 0.15) is 40.7 Å². The molecule has 0 saturated carbocycles. The van der Waals surface area contributed by atoms with E-state index < -0.39 is 22.4 Å². The highest BCUT2D eigenvalue weighted by molar-refractivity contribution is 7.91. The molecule has 0 bridgehead atoms. The summed E-state index contributed by atoms with van der Waals surface area (Å²) in [4.78, 5) is 14.4. The Labute approximate surface area is 187 Å². The molecule has 0 spiro atoms. The first-order chi connectivity index (χ1) is 15.2. The molecule has 0 fully saturated rings. The van der Waals surface area contributed by atoms with Crippen LogP contribution in [0.15, 0.2) is 39.6 Å². The number of urea groups is 1. The molecule has 0 aliphatic heterocycles. The van der Waals surface area contributed by atoms with Gasteiger partial charge in [-0.3, -0.25) is 4.90 Å². The third kappa shape index (κ3) is 5.00. The Hall–Kier alpha value is -2.36. The second-order valence-electron chi connectivity index (χ2n) is 8.56. The van der Waals surface area contributed by atoms with Gasteiger partial charge in [0.1, 0.15) is 9.92 Å². The van der Waals surface area contributed by atoms with Gasteiger partial charge in [-0.05, 0) is 85.5 Å². The molecule has 2 aliphatic carbocycles. The summed E-state index contributed by atoms with van der Waals surface area (Å²) in [5.41, 5.74) is 6.48. The van der Waals surface area contributed by atoms with E-state index in [1.807, 2.05) is 0 Å². The number of carbonyl (C=O) groups excluding carboxylic acids is 1. The van der Waals surface area contributed by atoms with Crippen molar-refractivity contribution in [3.05, 3.63) is 58.1 Å². The molecule has 2 aromatic rings. The second-order valence-corrected chi connectivity index (χ2v) is 10.3. The normalized spacial score (nSPS) is 16.7. The summed E-state index contributed by atoms with van der Waals surface area (Å²) in [7, 11) is -1.84. The van der Waals surface area contributed by atoms with Crippen LogP contribution in [0.3, 0.4) is 0 Å². The third-order valence-corrected chi connectivity index (χ3v) is 7.47. The number of anilines is 1. The maximum absolute atomic E-state index is 13.0. The van der Waals surface area contributed by atoms with E-state index in [-0.39, 0.29) is 11.4 Å². The van der Waals surface area contributed by atoms with E-state index in [2.05, 4.69) is 15.7 Å². The highest BCUT2D eigenvalue weighted by Crippen LogP contribution is 2.38. The Morgan fingerprint density at radius 3 is 2.28 bits per heavy atom. The fourth-order valence-corrected chi connectivity index (χ4v) is 5.60. The molecule has 0 radical (unpaired) electrons. The van der Waals surface area contributed by atoms with Crippen molar-refractivity contribution < 1.29 is 17.8 Å². The number of hydrogen-bond donors (Lipinski definition) is 2. The molecule has 32 heavy (non-hydrogen) atoms. The molecule has 1 unspecified atom stereocenters. The number of nitrogens with two attached hydrogens (primary N) is 1. The number of alkyl halides is 2. The highest BCUT2D eigenvalue weighted by atomic mass is 32.2. The zero-order chi connectivity index (χ0) is 22.9. The predicted molar refractivity (Wildman–Crippen MR) is 121 cm³/mol. The van der Waals surface area contributed by atoms with Crippen LogP contribution < -0.4 is 10.5 Å². The lowest BCUT2D eigenvalue weighted by molar-refractivity contribution is 0.0975. The Morgan fingerprint density at radius 1 is 1.12 bits per heavy atom. The zero-order valence-corrected chi connectivity index (χ0v) is 18.9. The minimum absolute atomic E-state index is 0.219. The van der Waals surface area contributed by atoms with Crippen molar-refractivity contribution in [1.82, 2.24) is 4.90 Å². The average molecular weight is 463 g/mol. The molecule has 1 atom stereocenters. The van der Waals surface area contributed by atoms with Crippen molar-refractivity contribution in [2.45, 2.75) is 56.4 Å². The van der Waals surface area contributed by atoms with E-state index in [9.17, 15) is 17.8 Å². The fourth-order valence-electron chi connectivity index (χ4n) is 4.67. The second kappa shape index (κ2) is 9.25. The van der Waals surface area contributed by atoms with Crippen LogP contribution in [-0.4, -0.2) is 35.2 Å². The molecule has 2 amide bonds. The number of aryl methyl sites for hydroxylation is 2. The molecule has 2 aliphatic rings.